The second kappa shape index (κ2) is 7.66. The van der Waals surface area contributed by atoms with Crippen molar-refractivity contribution in [1.29, 1.82) is 0 Å². The number of halogens is 3. The van der Waals surface area contributed by atoms with E-state index in [-0.39, 0.29) is 41.3 Å². The molecule has 31 heavy (non-hydrogen) atoms. The van der Waals surface area contributed by atoms with Crippen LogP contribution in [0.3, 0.4) is 0 Å². The van der Waals surface area contributed by atoms with E-state index in [1.54, 1.807) is 0 Å². The van der Waals surface area contributed by atoms with E-state index in [4.69, 9.17) is 4.42 Å². The van der Waals surface area contributed by atoms with Gasteiger partial charge in [0.15, 0.2) is 5.58 Å². The molecule has 4 rings (SSSR count). The number of aryl methyl sites for hydroxylation is 2. The van der Waals surface area contributed by atoms with E-state index in [1.807, 2.05) is 0 Å². The van der Waals surface area contributed by atoms with Crippen molar-refractivity contribution in [3.05, 3.63) is 68.7 Å². The molecule has 0 saturated carbocycles. The van der Waals surface area contributed by atoms with Gasteiger partial charge in [0, 0.05) is 24.2 Å². The van der Waals surface area contributed by atoms with E-state index < -0.39 is 22.4 Å². The molecular formula is C18H13F3N6O4. The average Bonchev–Trinajstić information content (AvgIpc) is 3.31. The molecule has 0 fully saturated rings. The third-order valence-corrected chi connectivity index (χ3v) is 4.50. The second-order valence-electron chi connectivity index (χ2n) is 6.57. The van der Waals surface area contributed by atoms with Crippen LogP contribution in [0.15, 0.2) is 51.7 Å². The molecule has 0 amide bonds. The largest absolute Gasteiger partial charge is 0.419 e. The van der Waals surface area contributed by atoms with Crippen molar-refractivity contribution in [3.63, 3.8) is 0 Å². The van der Waals surface area contributed by atoms with Crippen molar-refractivity contribution in [2.24, 2.45) is 0 Å². The third-order valence-electron chi connectivity index (χ3n) is 4.50. The highest BCUT2D eigenvalue weighted by molar-refractivity contribution is 5.75. The van der Waals surface area contributed by atoms with Crippen LogP contribution in [0.25, 0.3) is 22.5 Å². The lowest BCUT2D eigenvalue weighted by Gasteiger charge is -2.06. The Kier molecular flexibility index (Phi) is 5.01. The molecule has 0 aliphatic rings. The first kappa shape index (κ1) is 20.3. The van der Waals surface area contributed by atoms with Gasteiger partial charge < -0.3 is 4.42 Å². The van der Waals surface area contributed by atoms with Gasteiger partial charge in [0.25, 0.3) is 5.69 Å². The van der Waals surface area contributed by atoms with Gasteiger partial charge in [0.05, 0.1) is 22.5 Å². The number of nitro benzene ring substituents is 1. The molecule has 0 unspecified atom stereocenters. The number of alkyl halides is 3. The Labute approximate surface area is 170 Å². The van der Waals surface area contributed by atoms with Crippen molar-refractivity contribution in [2.45, 2.75) is 25.7 Å². The number of aromatic nitrogens is 5. The normalized spacial score (nSPS) is 11.8. The second-order valence-corrected chi connectivity index (χ2v) is 6.57. The first-order chi connectivity index (χ1) is 14.7. The molecule has 0 N–H and O–H groups in total. The van der Waals surface area contributed by atoms with Crippen LogP contribution in [0.4, 0.5) is 18.9 Å². The van der Waals surface area contributed by atoms with E-state index in [2.05, 4.69) is 15.4 Å². The summed E-state index contributed by atoms with van der Waals surface area (Å²) in [7, 11) is 0. The van der Waals surface area contributed by atoms with E-state index >= 15 is 0 Å². The van der Waals surface area contributed by atoms with Crippen molar-refractivity contribution in [1.82, 2.24) is 24.8 Å². The fraction of sp³-hybridized carbons (Fsp3) is 0.222. The first-order valence-corrected chi connectivity index (χ1v) is 8.95. The highest BCUT2D eigenvalue weighted by Gasteiger charge is 2.30. The fourth-order valence-electron chi connectivity index (χ4n) is 3.03. The molecule has 2 heterocycles. The zero-order valence-corrected chi connectivity index (χ0v) is 15.6. The maximum atomic E-state index is 12.9. The average molecular weight is 434 g/mol. The van der Waals surface area contributed by atoms with Crippen LogP contribution >= 0.6 is 0 Å². The lowest BCUT2D eigenvalue weighted by Crippen LogP contribution is -2.16. The Morgan fingerprint density at radius 3 is 2.68 bits per heavy atom. The summed E-state index contributed by atoms with van der Waals surface area (Å²) in [5.41, 5.74) is -0.311. The molecule has 2 aromatic carbocycles. The number of non-ortho nitro benzene ring substituents is 1. The standard InChI is InChI=1S/C18H13F3N6O4/c19-18(20,21)12-4-1-3-11(9-12)16-22-24-26(23-16)8-2-7-25-14-10-13(27(29)30)5-6-15(14)31-17(25)28/h1,3-6,9-10H,2,7-8H2. The van der Waals surface area contributed by atoms with E-state index in [9.17, 15) is 28.1 Å². The Balaban J connectivity index is 1.48. The van der Waals surface area contributed by atoms with E-state index in [1.165, 1.54) is 39.7 Å². The molecule has 2 aromatic heterocycles. The predicted molar refractivity (Wildman–Crippen MR) is 100 cm³/mol. The Morgan fingerprint density at radius 1 is 1.13 bits per heavy atom. The van der Waals surface area contributed by atoms with Gasteiger partial charge in [0.2, 0.25) is 5.82 Å². The Hall–Kier alpha value is -4.03. The quantitative estimate of drug-likeness (QED) is 0.337. The van der Waals surface area contributed by atoms with Crippen LogP contribution in [0, 0.1) is 10.1 Å². The molecule has 4 aromatic rings. The smallest absolute Gasteiger partial charge is 0.408 e. The molecule has 0 saturated heterocycles. The zero-order valence-electron chi connectivity index (χ0n) is 15.6. The topological polar surface area (TPSA) is 122 Å². The summed E-state index contributed by atoms with van der Waals surface area (Å²) >= 11 is 0. The number of hydrogen-bond donors (Lipinski definition) is 0. The van der Waals surface area contributed by atoms with Gasteiger partial charge in [-0.25, -0.2) is 4.79 Å². The van der Waals surface area contributed by atoms with Crippen LogP contribution in [0.2, 0.25) is 0 Å². The highest BCUT2D eigenvalue weighted by Crippen LogP contribution is 2.31. The molecule has 0 atom stereocenters. The molecule has 0 bridgehead atoms. The lowest BCUT2D eigenvalue weighted by atomic mass is 10.1. The minimum Gasteiger partial charge on any atom is -0.408 e. The molecule has 10 nitrogen and oxygen atoms in total. The summed E-state index contributed by atoms with van der Waals surface area (Å²) < 4.78 is 44.9. The molecule has 0 radical (unpaired) electrons. The fourth-order valence-corrected chi connectivity index (χ4v) is 3.03. The SMILES string of the molecule is O=c1oc2ccc([N+](=O)[O-])cc2n1CCCn1nnc(-c2cccc(C(F)(F)F)c2)n1. The molecule has 0 aliphatic carbocycles. The van der Waals surface area contributed by atoms with Gasteiger partial charge in [-0.2, -0.15) is 18.0 Å². The number of tetrazole rings is 1. The summed E-state index contributed by atoms with van der Waals surface area (Å²) in [5.74, 6) is -0.626. The third kappa shape index (κ3) is 4.15. The monoisotopic (exact) mass is 434 g/mol. The van der Waals surface area contributed by atoms with Crippen LogP contribution in [0.1, 0.15) is 12.0 Å². The molecular weight excluding hydrogens is 421 g/mol. The summed E-state index contributed by atoms with van der Waals surface area (Å²) in [6.07, 6.45) is -4.14. The Morgan fingerprint density at radius 2 is 1.94 bits per heavy atom. The molecule has 13 heteroatoms. The van der Waals surface area contributed by atoms with Crippen molar-refractivity contribution >= 4 is 16.8 Å². The number of fused-ring (bicyclic) bond motifs is 1. The summed E-state index contributed by atoms with van der Waals surface area (Å²) in [6.45, 7) is 0.368. The van der Waals surface area contributed by atoms with E-state index in [0.29, 0.717) is 6.42 Å². The molecule has 160 valence electrons. The van der Waals surface area contributed by atoms with Crippen LogP contribution in [-0.4, -0.2) is 29.7 Å². The number of nitrogens with zero attached hydrogens (tertiary/aromatic N) is 6. The number of hydrogen-bond acceptors (Lipinski definition) is 7. The zero-order chi connectivity index (χ0) is 22.2. The van der Waals surface area contributed by atoms with Crippen LogP contribution in [-0.2, 0) is 19.3 Å². The number of nitro groups is 1. The number of benzene rings is 2. The van der Waals surface area contributed by atoms with Gasteiger partial charge in [-0.3, -0.25) is 14.7 Å². The predicted octanol–water partition coefficient (Wildman–Crippen LogP) is 3.27. The summed E-state index contributed by atoms with van der Waals surface area (Å²) in [4.78, 5) is 23.6. The van der Waals surface area contributed by atoms with Crippen molar-refractivity contribution < 1.29 is 22.5 Å². The first-order valence-electron chi connectivity index (χ1n) is 8.95. The summed E-state index contributed by atoms with van der Waals surface area (Å²) in [5, 5.41) is 22.6. The molecule has 0 aliphatic heterocycles. The van der Waals surface area contributed by atoms with Gasteiger partial charge in [-0.1, -0.05) is 12.1 Å². The maximum Gasteiger partial charge on any atom is 0.419 e. The Bertz CT molecular complexity index is 1320. The number of oxazole rings is 1. The van der Waals surface area contributed by atoms with Gasteiger partial charge >= 0.3 is 11.9 Å². The minimum atomic E-state index is -4.48. The molecule has 0 spiro atoms. The lowest BCUT2D eigenvalue weighted by molar-refractivity contribution is -0.384. The van der Waals surface area contributed by atoms with Gasteiger partial charge in [-0.05, 0) is 29.8 Å². The maximum absolute atomic E-state index is 12.9. The minimum absolute atomic E-state index is 0.0349. The van der Waals surface area contributed by atoms with E-state index in [0.717, 1.165) is 12.1 Å². The summed E-state index contributed by atoms with van der Waals surface area (Å²) in [6, 6.07) is 8.43. The van der Waals surface area contributed by atoms with Crippen LogP contribution < -0.4 is 5.76 Å². The van der Waals surface area contributed by atoms with Crippen molar-refractivity contribution in [2.75, 3.05) is 0 Å². The van der Waals surface area contributed by atoms with Gasteiger partial charge in [0.1, 0.15) is 0 Å². The van der Waals surface area contributed by atoms with Gasteiger partial charge in [-0.15, -0.1) is 10.2 Å². The van der Waals surface area contributed by atoms with Crippen LogP contribution in [0.5, 0.6) is 0 Å². The highest BCUT2D eigenvalue weighted by atomic mass is 19.4. The van der Waals surface area contributed by atoms with Crippen molar-refractivity contribution in [3.8, 4) is 11.4 Å². The number of rotatable bonds is 6.